The van der Waals surface area contributed by atoms with Gasteiger partial charge in [0.2, 0.25) is 0 Å². The van der Waals surface area contributed by atoms with Crippen LogP contribution in [0.5, 0.6) is 0 Å². The van der Waals surface area contributed by atoms with Crippen molar-refractivity contribution >= 4 is 7.82 Å². The number of likely N-dealkylation sites (N-methyl/N-ethyl adjacent to an activating group) is 1. The Morgan fingerprint density at radius 2 is 1.45 bits per heavy atom. The van der Waals surface area contributed by atoms with Crippen molar-refractivity contribution < 1.29 is 28.0 Å². The molecule has 1 heterocycles. The van der Waals surface area contributed by atoms with Crippen molar-refractivity contribution in [2.45, 2.75) is 109 Å². The lowest BCUT2D eigenvalue weighted by Gasteiger charge is -2.16. The number of phosphoric ester groups is 1. The number of hydrogen-bond acceptors (Lipinski definition) is 6. The van der Waals surface area contributed by atoms with Gasteiger partial charge in [0.1, 0.15) is 6.10 Å². The minimum atomic E-state index is -4.03. The fourth-order valence-electron chi connectivity index (χ4n) is 3.63. The highest BCUT2D eigenvalue weighted by Gasteiger charge is 2.29. The smallest absolute Gasteiger partial charge is 0.350 e. The molecule has 1 saturated heterocycles. The summed E-state index contributed by atoms with van der Waals surface area (Å²) in [5.41, 5.74) is 0. The second kappa shape index (κ2) is 18.4. The zero-order valence-corrected chi connectivity index (χ0v) is 21.2. The van der Waals surface area contributed by atoms with E-state index in [-0.39, 0.29) is 25.6 Å². The summed E-state index contributed by atoms with van der Waals surface area (Å²) < 4.78 is 33.2. The van der Waals surface area contributed by atoms with E-state index in [1.165, 1.54) is 77.0 Å². The van der Waals surface area contributed by atoms with Crippen LogP contribution in [-0.2, 0) is 23.1 Å². The van der Waals surface area contributed by atoms with Gasteiger partial charge in [0.15, 0.2) is 6.29 Å². The molecule has 1 aliphatic rings. The van der Waals surface area contributed by atoms with E-state index in [0.717, 1.165) is 12.8 Å². The number of phosphoric acid groups is 1. The Hall–Kier alpha value is -0.0100. The topological polar surface area (TPSA) is 77.5 Å². The number of ether oxygens (including phenoxy) is 2. The molecule has 1 fully saturated rings. The summed E-state index contributed by atoms with van der Waals surface area (Å²) in [5.74, 6) is 0. The molecule has 0 spiro atoms. The van der Waals surface area contributed by atoms with Gasteiger partial charge in [-0.15, -0.1) is 0 Å². The lowest BCUT2D eigenvalue weighted by Crippen LogP contribution is -2.20. The van der Waals surface area contributed by atoms with Gasteiger partial charge in [-0.2, -0.15) is 0 Å². The molecule has 0 saturated carbocycles. The molecule has 0 aromatic heterocycles. The summed E-state index contributed by atoms with van der Waals surface area (Å²) >= 11 is 0. The van der Waals surface area contributed by atoms with Crippen molar-refractivity contribution in [2.24, 2.45) is 0 Å². The molecule has 0 aromatic rings. The summed E-state index contributed by atoms with van der Waals surface area (Å²) in [7, 11) is -0.297. The molecule has 186 valence electrons. The molecule has 0 radical (unpaired) electrons. The van der Waals surface area contributed by atoms with Crippen molar-refractivity contribution in [2.75, 3.05) is 40.5 Å². The minimum absolute atomic E-state index is 0.00481. The molecule has 1 unspecified atom stereocenters. The Morgan fingerprint density at radius 3 is 2.00 bits per heavy atom. The van der Waals surface area contributed by atoms with Crippen molar-refractivity contribution in [3.63, 3.8) is 0 Å². The quantitative estimate of drug-likeness (QED) is 0.167. The third kappa shape index (κ3) is 17.2. The fraction of sp³-hybridized carbons (Fsp3) is 1.00. The number of unbranched alkanes of at least 4 members (excludes halogenated alkanes) is 12. The lowest BCUT2D eigenvalue weighted by molar-refractivity contribution is -0.0702. The Bertz CT molecular complexity index is 465. The Labute approximate surface area is 190 Å². The second-order valence-corrected chi connectivity index (χ2v) is 10.4. The minimum Gasteiger partial charge on any atom is -0.350 e. The predicted octanol–water partition coefficient (Wildman–Crippen LogP) is 5.90. The molecule has 0 amide bonds. The van der Waals surface area contributed by atoms with Crippen LogP contribution in [0.2, 0.25) is 0 Å². The van der Waals surface area contributed by atoms with Crippen LogP contribution in [0.1, 0.15) is 96.8 Å². The van der Waals surface area contributed by atoms with Gasteiger partial charge in [0.05, 0.1) is 19.8 Å². The van der Waals surface area contributed by atoms with E-state index >= 15 is 0 Å². The first-order valence-electron chi connectivity index (χ1n) is 12.5. The van der Waals surface area contributed by atoms with Crippen LogP contribution >= 0.6 is 7.82 Å². The Kier molecular flexibility index (Phi) is 17.2. The summed E-state index contributed by atoms with van der Waals surface area (Å²) in [5, 5.41) is 0. The molecule has 7 nitrogen and oxygen atoms in total. The van der Waals surface area contributed by atoms with Gasteiger partial charge in [-0.3, -0.25) is 9.05 Å². The zero-order chi connectivity index (χ0) is 22.8. The SMILES string of the molecule is CCCCCCCCCCCCCCC[C@@H]1OC[C@@H](COP(=O)(O)OCCN(C)C)O1. The van der Waals surface area contributed by atoms with Crippen molar-refractivity contribution in [1.82, 2.24) is 4.90 Å². The Balaban J connectivity index is 1.91. The first kappa shape index (κ1) is 29.0. The molecule has 0 bridgehead atoms. The molecular formula is C23H48NO6P. The molecule has 1 N–H and O–H groups in total. The monoisotopic (exact) mass is 465 g/mol. The van der Waals surface area contributed by atoms with Gasteiger partial charge < -0.3 is 19.3 Å². The number of nitrogens with zero attached hydrogens (tertiary/aromatic N) is 1. The van der Waals surface area contributed by atoms with E-state index in [1.807, 2.05) is 19.0 Å². The predicted molar refractivity (Wildman–Crippen MR) is 125 cm³/mol. The maximum Gasteiger partial charge on any atom is 0.472 e. The molecule has 0 aliphatic carbocycles. The van der Waals surface area contributed by atoms with Gasteiger partial charge >= 0.3 is 7.82 Å². The third-order valence-corrected chi connectivity index (χ3v) is 6.56. The second-order valence-electron chi connectivity index (χ2n) is 8.95. The maximum atomic E-state index is 11.8. The Morgan fingerprint density at radius 1 is 0.903 bits per heavy atom. The molecule has 31 heavy (non-hydrogen) atoms. The first-order valence-corrected chi connectivity index (χ1v) is 14.0. The lowest BCUT2D eigenvalue weighted by atomic mass is 10.0. The van der Waals surface area contributed by atoms with Crippen molar-refractivity contribution in [3.05, 3.63) is 0 Å². The van der Waals surface area contributed by atoms with E-state index < -0.39 is 7.82 Å². The highest BCUT2D eigenvalue weighted by atomic mass is 31.2. The van der Waals surface area contributed by atoms with Crippen LogP contribution in [0.4, 0.5) is 0 Å². The normalized spacial score (nSPS) is 21.1. The largest absolute Gasteiger partial charge is 0.472 e. The molecule has 0 aromatic carbocycles. The van der Waals surface area contributed by atoms with E-state index in [4.69, 9.17) is 18.5 Å². The average molecular weight is 466 g/mol. The molecule has 8 heteroatoms. The van der Waals surface area contributed by atoms with Crippen molar-refractivity contribution in [1.29, 1.82) is 0 Å². The van der Waals surface area contributed by atoms with Gasteiger partial charge in [-0.1, -0.05) is 84.0 Å². The highest BCUT2D eigenvalue weighted by Crippen LogP contribution is 2.43. The van der Waals surface area contributed by atoms with Crippen molar-refractivity contribution in [3.8, 4) is 0 Å². The van der Waals surface area contributed by atoms with E-state index in [2.05, 4.69) is 6.92 Å². The van der Waals surface area contributed by atoms with Crippen LogP contribution in [0.3, 0.4) is 0 Å². The summed E-state index contributed by atoms with van der Waals surface area (Å²) in [6, 6.07) is 0. The average Bonchev–Trinajstić information content (AvgIpc) is 3.17. The molecule has 1 rings (SSSR count). The van der Waals surface area contributed by atoms with Crippen LogP contribution in [0.15, 0.2) is 0 Å². The molecular weight excluding hydrogens is 417 g/mol. The van der Waals surface area contributed by atoms with Crippen LogP contribution in [-0.4, -0.2) is 62.6 Å². The van der Waals surface area contributed by atoms with Gasteiger partial charge in [0, 0.05) is 6.54 Å². The third-order valence-electron chi connectivity index (χ3n) is 5.57. The summed E-state index contributed by atoms with van der Waals surface area (Å²) in [4.78, 5) is 11.6. The number of rotatable bonds is 21. The van der Waals surface area contributed by atoms with E-state index in [0.29, 0.717) is 13.2 Å². The van der Waals surface area contributed by atoms with E-state index in [9.17, 15) is 9.46 Å². The molecule has 3 atom stereocenters. The molecule has 1 aliphatic heterocycles. The summed E-state index contributed by atoms with van der Waals surface area (Å²) in [6.07, 6.45) is 17.7. The zero-order valence-electron chi connectivity index (χ0n) is 20.3. The van der Waals surface area contributed by atoms with Crippen LogP contribution in [0.25, 0.3) is 0 Å². The summed E-state index contributed by atoms with van der Waals surface area (Å²) in [6.45, 7) is 3.36. The highest BCUT2D eigenvalue weighted by molar-refractivity contribution is 7.47. The standard InChI is InChI=1S/C23H48NO6P/c1-4-5-6-7-8-9-10-11-12-13-14-15-16-17-23-27-20-22(30-23)21-29-31(25,26)28-19-18-24(2)3/h22-23H,4-21H2,1-3H3,(H,25,26)/t22-,23+/m0/s1. The van der Waals surface area contributed by atoms with Crippen LogP contribution in [0, 0.1) is 0 Å². The van der Waals surface area contributed by atoms with E-state index in [1.54, 1.807) is 0 Å². The fourth-order valence-corrected chi connectivity index (χ4v) is 4.37. The number of hydrogen-bond donors (Lipinski definition) is 1. The van der Waals surface area contributed by atoms with Gasteiger partial charge in [-0.05, 0) is 26.9 Å². The van der Waals surface area contributed by atoms with Gasteiger partial charge in [0.25, 0.3) is 0 Å². The van der Waals surface area contributed by atoms with Crippen LogP contribution < -0.4 is 0 Å². The maximum absolute atomic E-state index is 11.8. The first-order chi connectivity index (χ1) is 14.9. The van der Waals surface area contributed by atoms with Gasteiger partial charge in [-0.25, -0.2) is 4.57 Å².